The largest absolute Gasteiger partial charge is 0.297 e. The highest BCUT2D eigenvalue weighted by molar-refractivity contribution is 9.10. The van der Waals surface area contributed by atoms with Gasteiger partial charge in [0.05, 0.1) is 22.2 Å². The van der Waals surface area contributed by atoms with Gasteiger partial charge in [-0.05, 0) is 17.7 Å². The van der Waals surface area contributed by atoms with E-state index >= 15 is 0 Å². The van der Waals surface area contributed by atoms with E-state index in [1.165, 1.54) is 12.1 Å². The summed E-state index contributed by atoms with van der Waals surface area (Å²) in [7, 11) is 0. The second-order valence-corrected chi connectivity index (χ2v) is 6.24. The molecule has 1 aromatic rings. The maximum Gasteiger partial charge on any atom is 0.127 e. The van der Waals surface area contributed by atoms with Crippen LogP contribution in [0.3, 0.4) is 0 Å². The molecule has 2 unspecified atom stereocenters. The number of nitrogens with zero attached hydrogens (tertiary/aromatic N) is 2. The van der Waals surface area contributed by atoms with E-state index in [0.717, 1.165) is 11.8 Å². The van der Waals surface area contributed by atoms with Crippen molar-refractivity contribution in [2.24, 2.45) is 11.8 Å². The lowest BCUT2D eigenvalue weighted by Gasteiger charge is -2.31. The van der Waals surface area contributed by atoms with E-state index < -0.39 is 23.6 Å². The molecule has 1 fully saturated rings. The first-order chi connectivity index (χ1) is 9.49. The van der Waals surface area contributed by atoms with Crippen LogP contribution in [-0.4, -0.2) is 10.1 Å². The molecule has 2 atom stereocenters. The van der Waals surface area contributed by atoms with Gasteiger partial charge in [-0.15, -0.1) is 0 Å². The Labute approximate surface area is 127 Å². The van der Waals surface area contributed by atoms with Crippen molar-refractivity contribution in [1.82, 2.24) is 0 Å². The molecule has 0 aromatic heterocycles. The normalized spacial score (nSPS) is 25.9. The van der Waals surface area contributed by atoms with Gasteiger partial charge < -0.3 is 0 Å². The molecule has 1 aliphatic rings. The lowest BCUT2D eigenvalue weighted by atomic mass is 9.78. The number of nitrogens with one attached hydrogen (secondary N) is 2. The summed E-state index contributed by atoms with van der Waals surface area (Å²) >= 11 is 3.95. The Hall–Kier alpha value is -1.70. The van der Waals surface area contributed by atoms with E-state index in [-0.39, 0.29) is 15.7 Å². The molecule has 1 aliphatic heterocycles. The van der Waals surface area contributed by atoms with Crippen LogP contribution in [0.1, 0.15) is 11.5 Å². The zero-order valence-electron chi connectivity index (χ0n) is 10.0. The summed E-state index contributed by atoms with van der Waals surface area (Å²) in [6.45, 7) is 0. The molecule has 0 radical (unpaired) electrons. The zero-order valence-corrected chi connectivity index (χ0v) is 12.4. The summed E-state index contributed by atoms with van der Waals surface area (Å²) < 4.78 is 14.7. The van der Waals surface area contributed by atoms with E-state index in [1.54, 1.807) is 6.07 Å². The van der Waals surface area contributed by atoms with Gasteiger partial charge >= 0.3 is 0 Å². The zero-order chi connectivity index (χ0) is 14.9. The fourth-order valence-electron chi connectivity index (χ4n) is 2.17. The van der Waals surface area contributed by atoms with Crippen molar-refractivity contribution in [3.05, 3.63) is 34.1 Å². The van der Waals surface area contributed by atoms with Gasteiger partial charge in [-0.2, -0.15) is 10.5 Å². The van der Waals surface area contributed by atoms with Crippen LogP contribution in [0, 0.1) is 51.1 Å². The molecular weight excluding hydrogens is 343 g/mol. The first-order valence-electron chi connectivity index (χ1n) is 5.58. The van der Waals surface area contributed by atoms with Crippen molar-refractivity contribution in [2.45, 2.75) is 5.92 Å². The molecule has 0 aliphatic carbocycles. The molecule has 100 valence electrons. The van der Waals surface area contributed by atoms with Crippen molar-refractivity contribution in [2.75, 3.05) is 0 Å². The maximum atomic E-state index is 14.1. The van der Waals surface area contributed by atoms with Crippen molar-refractivity contribution in [1.29, 1.82) is 21.3 Å². The van der Waals surface area contributed by atoms with Crippen LogP contribution in [0.4, 0.5) is 4.39 Å². The van der Waals surface area contributed by atoms with Crippen molar-refractivity contribution < 1.29 is 4.39 Å². The van der Waals surface area contributed by atoms with Crippen LogP contribution in [0.5, 0.6) is 0 Å². The fourth-order valence-corrected chi connectivity index (χ4v) is 3.40. The second-order valence-electron chi connectivity index (χ2n) is 4.24. The summed E-state index contributed by atoms with van der Waals surface area (Å²) in [6.07, 6.45) is 0. The Morgan fingerprint density at radius 1 is 1.15 bits per heavy atom. The highest BCUT2D eigenvalue weighted by Gasteiger charge is 2.43. The average molecular weight is 351 g/mol. The Morgan fingerprint density at radius 2 is 1.70 bits per heavy atom. The molecule has 4 nitrogen and oxygen atoms in total. The highest BCUT2D eigenvalue weighted by Crippen LogP contribution is 2.43. The minimum atomic E-state index is -0.908. The minimum Gasteiger partial charge on any atom is -0.297 e. The molecule has 0 spiro atoms. The first-order valence-corrected chi connectivity index (χ1v) is 7.19. The summed E-state index contributed by atoms with van der Waals surface area (Å²) in [6, 6.07) is 8.29. The minimum absolute atomic E-state index is 0.0173. The van der Waals surface area contributed by atoms with E-state index in [2.05, 4.69) is 15.9 Å². The van der Waals surface area contributed by atoms with Crippen LogP contribution in [0.15, 0.2) is 22.7 Å². The van der Waals surface area contributed by atoms with Crippen LogP contribution < -0.4 is 0 Å². The molecule has 1 heterocycles. The summed E-state index contributed by atoms with van der Waals surface area (Å²) in [5.74, 6) is -3.18. The lowest BCUT2D eigenvalue weighted by molar-refractivity contribution is 0.525. The highest BCUT2D eigenvalue weighted by atomic mass is 79.9. The predicted molar refractivity (Wildman–Crippen MR) is 78.1 cm³/mol. The fraction of sp³-hybridized carbons (Fsp3) is 0.231. The van der Waals surface area contributed by atoms with Gasteiger partial charge in [-0.1, -0.05) is 33.8 Å². The van der Waals surface area contributed by atoms with Gasteiger partial charge in [-0.25, -0.2) is 4.39 Å². The summed E-state index contributed by atoms with van der Waals surface area (Å²) in [5, 5.41) is 34.0. The number of benzene rings is 1. The molecule has 20 heavy (non-hydrogen) atoms. The smallest absolute Gasteiger partial charge is 0.127 e. The summed E-state index contributed by atoms with van der Waals surface area (Å²) in [5.41, 5.74) is 0.195. The topological polar surface area (TPSA) is 95.3 Å². The Morgan fingerprint density at radius 3 is 2.15 bits per heavy atom. The molecule has 0 saturated carbocycles. The quantitative estimate of drug-likeness (QED) is 0.808. The number of halogens is 2. The first kappa shape index (κ1) is 14.7. The maximum absolute atomic E-state index is 14.1. The molecule has 2 rings (SSSR count). The van der Waals surface area contributed by atoms with E-state index in [9.17, 15) is 14.9 Å². The van der Waals surface area contributed by atoms with Gasteiger partial charge in [0.2, 0.25) is 0 Å². The third-order valence-electron chi connectivity index (χ3n) is 3.10. The molecule has 0 bridgehead atoms. The van der Waals surface area contributed by atoms with Crippen LogP contribution in [0.25, 0.3) is 0 Å². The number of thioether (sulfide) groups is 1. The molecule has 0 amide bonds. The number of hydrogen-bond acceptors (Lipinski definition) is 5. The molecule has 2 N–H and O–H groups in total. The number of rotatable bonds is 1. The average Bonchev–Trinajstić information content (AvgIpc) is 2.38. The number of nitriles is 2. The van der Waals surface area contributed by atoms with Gasteiger partial charge in [0.25, 0.3) is 0 Å². The van der Waals surface area contributed by atoms with Crippen LogP contribution >= 0.6 is 27.7 Å². The third-order valence-corrected chi connectivity index (χ3v) is 4.54. The van der Waals surface area contributed by atoms with Gasteiger partial charge in [0.15, 0.2) is 0 Å². The Bertz CT molecular complexity index is 644. The Kier molecular flexibility index (Phi) is 4.22. The summed E-state index contributed by atoms with van der Waals surface area (Å²) in [4.78, 5) is 0. The van der Waals surface area contributed by atoms with Gasteiger partial charge in [0, 0.05) is 10.4 Å². The van der Waals surface area contributed by atoms with Crippen molar-refractivity contribution in [3.63, 3.8) is 0 Å². The number of hydrogen-bond donors (Lipinski definition) is 2. The third kappa shape index (κ3) is 2.47. The van der Waals surface area contributed by atoms with Gasteiger partial charge in [-0.3, -0.25) is 10.8 Å². The van der Waals surface area contributed by atoms with Crippen LogP contribution in [-0.2, 0) is 0 Å². The molecule has 1 aromatic carbocycles. The van der Waals surface area contributed by atoms with Gasteiger partial charge in [0.1, 0.15) is 17.7 Å². The van der Waals surface area contributed by atoms with E-state index in [1.807, 2.05) is 12.1 Å². The molecular formula is C13H8BrFN4S. The molecule has 1 saturated heterocycles. The molecule has 7 heteroatoms. The SMILES string of the molecule is N#CC1C(=N)SC(=N)C(C#N)C1c1ccc(Br)cc1F. The van der Waals surface area contributed by atoms with Crippen molar-refractivity contribution in [3.8, 4) is 12.1 Å². The van der Waals surface area contributed by atoms with Crippen molar-refractivity contribution >= 4 is 37.8 Å². The lowest BCUT2D eigenvalue weighted by Crippen LogP contribution is -2.34. The van der Waals surface area contributed by atoms with E-state index in [0.29, 0.717) is 4.47 Å². The standard InChI is InChI=1S/C13H8BrFN4S/c14-6-1-2-7(10(15)3-6)11-8(4-16)12(18)20-13(19)9(11)5-17/h1-3,8-9,11,18-19H. The van der Waals surface area contributed by atoms with E-state index in [4.69, 9.17) is 10.8 Å². The monoisotopic (exact) mass is 350 g/mol. The Balaban J connectivity index is 2.58. The predicted octanol–water partition coefficient (Wildman–Crippen LogP) is 3.65. The van der Waals surface area contributed by atoms with Crippen LogP contribution in [0.2, 0.25) is 0 Å². The second kappa shape index (κ2) is 5.74.